The molecule has 0 amide bonds. The Bertz CT molecular complexity index is 1490. The molecule has 0 saturated carbocycles. The van der Waals surface area contributed by atoms with Gasteiger partial charge in [-0.3, -0.25) is 0 Å². The number of aromatic amines is 1. The molecule has 162 valence electrons. The molecule has 0 radical (unpaired) electrons. The van der Waals surface area contributed by atoms with E-state index >= 15 is 0 Å². The van der Waals surface area contributed by atoms with Crippen LogP contribution in [0.2, 0.25) is 10.0 Å². The van der Waals surface area contributed by atoms with Gasteiger partial charge in [-0.25, -0.2) is 0 Å². The van der Waals surface area contributed by atoms with Crippen LogP contribution in [0.4, 0.5) is 11.4 Å². The lowest BCUT2D eigenvalue weighted by atomic mass is 10.1. The van der Waals surface area contributed by atoms with Crippen LogP contribution < -0.4 is 20.1 Å². The zero-order valence-electron chi connectivity index (χ0n) is 17.3. The number of aromatic nitrogens is 1. The van der Waals surface area contributed by atoms with Gasteiger partial charge in [0.2, 0.25) is 0 Å². The first kappa shape index (κ1) is 19.0. The van der Waals surface area contributed by atoms with Gasteiger partial charge < -0.3 is 25.1 Å². The van der Waals surface area contributed by atoms with Crippen LogP contribution in [0.1, 0.15) is 11.1 Å². The Morgan fingerprint density at radius 1 is 0.606 bits per heavy atom. The average molecular weight is 474 g/mol. The van der Waals surface area contributed by atoms with Crippen LogP contribution >= 0.6 is 23.2 Å². The van der Waals surface area contributed by atoms with Gasteiger partial charge >= 0.3 is 0 Å². The summed E-state index contributed by atoms with van der Waals surface area (Å²) in [4.78, 5) is 3.59. The van der Waals surface area contributed by atoms with E-state index in [0.717, 1.165) is 67.3 Å². The second kappa shape index (κ2) is 6.98. The molecule has 0 fully saturated rings. The summed E-state index contributed by atoms with van der Waals surface area (Å²) in [7, 11) is 0. The highest BCUT2D eigenvalue weighted by atomic mass is 35.5. The number of anilines is 2. The Morgan fingerprint density at radius 2 is 1.09 bits per heavy atom. The van der Waals surface area contributed by atoms with Gasteiger partial charge in [0.1, 0.15) is 0 Å². The van der Waals surface area contributed by atoms with Crippen molar-refractivity contribution in [1.29, 1.82) is 0 Å². The monoisotopic (exact) mass is 473 g/mol. The third kappa shape index (κ3) is 3.41. The van der Waals surface area contributed by atoms with Crippen LogP contribution in [-0.2, 0) is 13.1 Å². The molecule has 0 unspecified atom stereocenters. The minimum Gasteiger partial charge on any atom is -0.450 e. The summed E-state index contributed by atoms with van der Waals surface area (Å²) in [5.74, 6) is 3.81. The molecule has 3 heterocycles. The first-order valence-corrected chi connectivity index (χ1v) is 11.4. The second-order valence-electron chi connectivity index (χ2n) is 8.35. The topological polar surface area (TPSA) is 64.9 Å². The molecule has 0 aliphatic carbocycles. The molecule has 33 heavy (non-hydrogen) atoms. The Kier molecular flexibility index (Phi) is 4.01. The fraction of sp³-hybridized carbons (Fsp3) is 0.0769. The third-order valence-electron chi connectivity index (χ3n) is 6.09. The van der Waals surface area contributed by atoms with Crippen LogP contribution in [0.25, 0.3) is 21.8 Å². The molecule has 0 atom stereocenters. The third-order valence-corrected chi connectivity index (χ3v) is 6.52. The fourth-order valence-corrected chi connectivity index (χ4v) is 4.78. The maximum atomic E-state index is 6.50. The molecule has 2 aliphatic rings. The van der Waals surface area contributed by atoms with Crippen molar-refractivity contribution in [3.05, 3.63) is 81.8 Å². The molecule has 1 aromatic heterocycles. The van der Waals surface area contributed by atoms with E-state index < -0.39 is 0 Å². The lowest BCUT2D eigenvalue weighted by Crippen LogP contribution is -2.00. The number of fused-ring (bicyclic) bond motifs is 5. The van der Waals surface area contributed by atoms with E-state index in [1.54, 1.807) is 0 Å². The molecule has 5 aromatic rings. The molecule has 7 rings (SSSR count). The van der Waals surface area contributed by atoms with Crippen LogP contribution in [0.3, 0.4) is 0 Å². The van der Waals surface area contributed by atoms with Crippen molar-refractivity contribution in [3.8, 4) is 23.0 Å². The van der Waals surface area contributed by atoms with E-state index in [4.69, 9.17) is 32.7 Å². The van der Waals surface area contributed by atoms with Gasteiger partial charge in [0.15, 0.2) is 23.0 Å². The number of hydrogen-bond acceptors (Lipinski definition) is 4. The maximum absolute atomic E-state index is 6.50. The van der Waals surface area contributed by atoms with E-state index in [1.807, 2.05) is 36.4 Å². The Labute approximate surface area is 199 Å². The molecule has 3 N–H and O–H groups in total. The van der Waals surface area contributed by atoms with Crippen molar-refractivity contribution >= 4 is 56.4 Å². The summed E-state index contributed by atoms with van der Waals surface area (Å²) in [5, 5.41) is 10.4. The summed E-state index contributed by atoms with van der Waals surface area (Å²) in [5.41, 5.74) is 6.14. The highest BCUT2D eigenvalue weighted by Crippen LogP contribution is 2.46. The predicted molar refractivity (Wildman–Crippen MR) is 134 cm³/mol. The van der Waals surface area contributed by atoms with Crippen molar-refractivity contribution in [2.24, 2.45) is 0 Å². The minimum atomic E-state index is 0.660. The van der Waals surface area contributed by atoms with Gasteiger partial charge in [-0.15, -0.1) is 0 Å². The minimum absolute atomic E-state index is 0.660. The summed E-state index contributed by atoms with van der Waals surface area (Å²) in [6.07, 6.45) is 0. The highest BCUT2D eigenvalue weighted by molar-refractivity contribution is 6.34. The van der Waals surface area contributed by atoms with Crippen LogP contribution in [0.5, 0.6) is 23.0 Å². The van der Waals surface area contributed by atoms with Crippen LogP contribution in [-0.4, -0.2) is 4.98 Å². The summed E-state index contributed by atoms with van der Waals surface area (Å²) in [6.45, 7) is 1.32. The predicted octanol–water partition coefficient (Wildman–Crippen LogP) is 8.06. The number of H-pyrrole nitrogens is 1. The molecule has 2 aliphatic heterocycles. The average Bonchev–Trinajstić information content (AvgIpc) is 3.71. The van der Waals surface area contributed by atoms with Gasteiger partial charge in [-0.1, -0.05) is 35.3 Å². The zero-order valence-corrected chi connectivity index (χ0v) is 18.8. The number of nitrogens with one attached hydrogen (secondary N) is 3. The standard InChI is InChI=1S/C26H17Cl2N3O2/c27-15-7-17-18-8-16(28)10-20(30-12-14-2-4-22-24(6-14)33-22)26(18)31-25(17)19(9-15)29-11-13-1-3-21-23(5-13)32-21/h1-10,29-31H,11-12H2. The van der Waals surface area contributed by atoms with Crippen molar-refractivity contribution < 1.29 is 9.47 Å². The smallest absolute Gasteiger partial charge is 0.170 e. The first-order chi connectivity index (χ1) is 16.1. The van der Waals surface area contributed by atoms with Crippen molar-refractivity contribution in [2.75, 3.05) is 10.6 Å². The molecule has 0 saturated heterocycles. The quantitative estimate of drug-likeness (QED) is 0.213. The van der Waals surface area contributed by atoms with Crippen LogP contribution in [0.15, 0.2) is 60.7 Å². The van der Waals surface area contributed by atoms with E-state index in [2.05, 4.69) is 39.9 Å². The molecule has 5 nitrogen and oxygen atoms in total. The van der Waals surface area contributed by atoms with Crippen molar-refractivity contribution in [1.82, 2.24) is 4.98 Å². The number of halogens is 2. The van der Waals surface area contributed by atoms with Crippen molar-refractivity contribution in [3.63, 3.8) is 0 Å². The number of hydrogen-bond donors (Lipinski definition) is 3. The van der Waals surface area contributed by atoms with E-state index in [1.165, 1.54) is 0 Å². The van der Waals surface area contributed by atoms with Crippen LogP contribution in [0, 0.1) is 0 Å². The van der Waals surface area contributed by atoms with Gasteiger partial charge in [-0.05, 0) is 59.7 Å². The fourth-order valence-electron chi connectivity index (χ4n) is 4.34. The van der Waals surface area contributed by atoms with E-state index in [0.29, 0.717) is 23.1 Å². The Balaban J connectivity index is 1.25. The molecule has 0 spiro atoms. The first-order valence-electron chi connectivity index (χ1n) is 10.6. The van der Waals surface area contributed by atoms with Crippen molar-refractivity contribution in [2.45, 2.75) is 13.1 Å². The van der Waals surface area contributed by atoms with E-state index in [-0.39, 0.29) is 0 Å². The number of benzene rings is 4. The largest absolute Gasteiger partial charge is 0.450 e. The molecular weight excluding hydrogens is 457 g/mol. The van der Waals surface area contributed by atoms with E-state index in [9.17, 15) is 0 Å². The maximum Gasteiger partial charge on any atom is 0.170 e. The summed E-state index contributed by atoms with van der Waals surface area (Å²) in [6, 6.07) is 20.0. The number of rotatable bonds is 6. The molecule has 7 heteroatoms. The highest BCUT2D eigenvalue weighted by Gasteiger charge is 2.20. The lowest BCUT2D eigenvalue weighted by Gasteiger charge is -2.08. The van der Waals surface area contributed by atoms with Gasteiger partial charge in [0, 0.05) is 33.9 Å². The Hall–Kier alpha value is -3.54. The van der Waals surface area contributed by atoms with Gasteiger partial charge in [0.25, 0.3) is 0 Å². The number of ether oxygens (including phenoxy) is 2. The normalized spacial score (nSPS) is 12.7. The molecular formula is C26H17Cl2N3O2. The lowest BCUT2D eigenvalue weighted by molar-refractivity contribution is 0.649. The molecule has 4 aromatic carbocycles. The van der Waals surface area contributed by atoms with Gasteiger partial charge in [-0.2, -0.15) is 0 Å². The summed E-state index contributed by atoms with van der Waals surface area (Å²) < 4.78 is 10.7. The molecule has 0 bridgehead atoms. The Morgan fingerprint density at radius 3 is 1.55 bits per heavy atom. The summed E-state index contributed by atoms with van der Waals surface area (Å²) >= 11 is 13.0. The zero-order chi connectivity index (χ0) is 22.1. The SMILES string of the molecule is Clc1cc(NCc2ccc3c(c2)O3)c2[nH]c3c(NCc4ccc5c(c4)O5)cc(Cl)cc3c2c1. The van der Waals surface area contributed by atoms with Gasteiger partial charge in [0.05, 0.1) is 22.4 Å². The second-order valence-corrected chi connectivity index (χ2v) is 9.22.